The van der Waals surface area contributed by atoms with Crippen molar-refractivity contribution in [3.63, 3.8) is 0 Å². The number of carbonyl (C=O) groups is 1. The van der Waals surface area contributed by atoms with E-state index in [-0.39, 0.29) is 5.91 Å². The molecule has 1 amide bonds. The van der Waals surface area contributed by atoms with Gasteiger partial charge in [0.2, 0.25) is 5.91 Å². The Kier molecular flexibility index (Phi) is 5.85. The Morgan fingerprint density at radius 3 is 2.67 bits per heavy atom. The number of nitrogens with zero attached hydrogens (tertiary/aromatic N) is 2. The summed E-state index contributed by atoms with van der Waals surface area (Å²) in [4.78, 5) is 18.0. The first kappa shape index (κ1) is 18.7. The molecule has 1 heterocycles. The molecule has 0 spiro atoms. The van der Waals surface area contributed by atoms with Gasteiger partial charge in [-0.05, 0) is 30.5 Å². The molecule has 2 aromatic rings. The first-order chi connectivity index (χ1) is 11.2. The molecule has 1 aromatic carbocycles. The fraction of sp³-hybridized carbons (Fsp3) is 0.529. The van der Waals surface area contributed by atoms with Gasteiger partial charge in [0, 0.05) is 26.4 Å². The van der Waals surface area contributed by atoms with Gasteiger partial charge in [-0.2, -0.15) is 13.2 Å². The molecule has 0 atom stereocenters. The van der Waals surface area contributed by atoms with Gasteiger partial charge in [0.1, 0.15) is 0 Å². The van der Waals surface area contributed by atoms with Crippen LogP contribution in [0.1, 0.15) is 37.3 Å². The molecule has 0 fully saturated rings. The van der Waals surface area contributed by atoms with Crippen molar-refractivity contribution in [1.82, 2.24) is 9.88 Å². The largest absolute Gasteiger partial charge is 0.416 e. The summed E-state index contributed by atoms with van der Waals surface area (Å²) in [6, 6.07) is 3.57. The smallest absolute Gasteiger partial charge is 0.346 e. The number of benzene rings is 1. The topological polar surface area (TPSA) is 33.2 Å². The molecule has 0 radical (unpaired) electrons. The average molecular weight is 358 g/mol. The van der Waals surface area contributed by atoms with Crippen molar-refractivity contribution in [3.8, 4) is 0 Å². The number of thiazole rings is 1. The summed E-state index contributed by atoms with van der Waals surface area (Å²) in [5, 5.41) is 0.690. The standard InChI is InChI=1S/C17H21F3N2OS/c1-11(2)8-9-22(3)16(23)7-6-15-21-13-10-12(17(18,19)20)4-5-14(13)24-15/h4-5,10-11H,6-9H2,1-3H3. The van der Waals surface area contributed by atoms with Crippen LogP contribution in [0.5, 0.6) is 0 Å². The molecule has 0 N–H and O–H groups in total. The molecule has 7 heteroatoms. The van der Waals surface area contributed by atoms with Gasteiger partial charge >= 0.3 is 6.18 Å². The normalized spacial score (nSPS) is 12.1. The molecule has 0 saturated heterocycles. The molecule has 0 saturated carbocycles. The number of carbonyl (C=O) groups excluding carboxylic acids is 1. The number of amides is 1. The molecule has 0 unspecified atom stereocenters. The summed E-state index contributed by atoms with van der Waals surface area (Å²) < 4.78 is 38.9. The number of alkyl halides is 3. The number of aromatic nitrogens is 1. The summed E-state index contributed by atoms with van der Waals surface area (Å²) in [5.41, 5.74) is -0.359. The fourth-order valence-electron chi connectivity index (χ4n) is 2.24. The van der Waals surface area contributed by atoms with Gasteiger partial charge in [-0.1, -0.05) is 13.8 Å². The molecule has 0 aliphatic heterocycles. The molecule has 0 bridgehead atoms. The monoisotopic (exact) mass is 358 g/mol. The predicted molar refractivity (Wildman–Crippen MR) is 90.0 cm³/mol. The zero-order chi connectivity index (χ0) is 17.9. The van der Waals surface area contributed by atoms with Gasteiger partial charge in [0.25, 0.3) is 0 Å². The van der Waals surface area contributed by atoms with E-state index < -0.39 is 11.7 Å². The highest BCUT2D eigenvalue weighted by Crippen LogP contribution is 2.33. The van der Waals surface area contributed by atoms with E-state index in [0.29, 0.717) is 40.5 Å². The molecule has 132 valence electrons. The highest BCUT2D eigenvalue weighted by molar-refractivity contribution is 7.18. The van der Waals surface area contributed by atoms with Crippen LogP contribution in [0.3, 0.4) is 0 Å². The molecule has 3 nitrogen and oxygen atoms in total. The van der Waals surface area contributed by atoms with Crippen LogP contribution in [0.2, 0.25) is 0 Å². The van der Waals surface area contributed by atoms with Crippen molar-refractivity contribution in [2.24, 2.45) is 5.92 Å². The number of rotatable bonds is 6. The summed E-state index contributed by atoms with van der Waals surface area (Å²) in [6.45, 7) is 4.93. The molecule has 1 aromatic heterocycles. The van der Waals surface area contributed by atoms with Crippen LogP contribution >= 0.6 is 11.3 Å². The first-order valence-electron chi connectivity index (χ1n) is 7.87. The van der Waals surface area contributed by atoms with Crippen molar-refractivity contribution in [3.05, 3.63) is 28.8 Å². The van der Waals surface area contributed by atoms with E-state index in [1.807, 2.05) is 0 Å². The van der Waals surface area contributed by atoms with Gasteiger partial charge in [-0.25, -0.2) is 4.98 Å². The summed E-state index contributed by atoms with van der Waals surface area (Å²) in [7, 11) is 1.78. The lowest BCUT2D eigenvalue weighted by Crippen LogP contribution is -2.28. The maximum absolute atomic E-state index is 12.7. The Hall–Kier alpha value is -1.63. The second-order valence-corrected chi connectivity index (χ2v) is 7.40. The first-order valence-corrected chi connectivity index (χ1v) is 8.69. The van der Waals surface area contributed by atoms with Crippen LogP contribution < -0.4 is 0 Å². The minimum atomic E-state index is -4.37. The van der Waals surface area contributed by atoms with E-state index in [2.05, 4.69) is 18.8 Å². The zero-order valence-electron chi connectivity index (χ0n) is 14.0. The second-order valence-electron chi connectivity index (χ2n) is 6.29. The van der Waals surface area contributed by atoms with Crippen LogP contribution in [0, 0.1) is 5.92 Å². The third kappa shape index (κ3) is 4.93. The van der Waals surface area contributed by atoms with Crippen molar-refractivity contribution < 1.29 is 18.0 Å². The Labute approximate surface area is 143 Å². The molecule has 0 aliphatic carbocycles. The quantitative estimate of drug-likeness (QED) is 0.746. The van der Waals surface area contributed by atoms with Gasteiger partial charge in [0.05, 0.1) is 20.8 Å². The lowest BCUT2D eigenvalue weighted by Gasteiger charge is -2.17. The Balaban J connectivity index is 1.99. The lowest BCUT2D eigenvalue weighted by molar-refractivity contribution is -0.137. The van der Waals surface area contributed by atoms with E-state index in [4.69, 9.17) is 0 Å². The second kappa shape index (κ2) is 7.51. The third-order valence-electron chi connectivity index (χ3n) is 3.78. The van der Waals surface area contributed by atoms with Gasteiger partial charge < -0.3 is 4.90 Å². The summed E-state index contributed by atoms with van der Waals surface area (Å²) in [5.74, 6) is 0.568. The lowest BCUT2D eigenvalue weighted by atomic mass is 10.1. The van der Waals surface area contributed by atoms with Crippen molar-refractivity contribution in [2.75, 3.05) is 13.6 Å². The zero-order valence-corrected chi connectivity index (χ0v) is 14.8. The van der Waals surface area contributed by atoms with Crippen LogP contribution in [0.15, 0.2) is 18.2 Å². The number of hydrogen-bond acceptors (Lipinski definition) is 3. The average Bonchev–Trinajstić information content (AvgIpc) is 2.91. The number of hydrogen-bond donors (Lipinski definition) is 0. The van der Waals surface area contributed by atoms with Gasteiger partial charge in [0.15, 0.2) is 0 Å². The van der Waals surface area contributed by atoms with E-state index in [0.717, 1.165) is 18.6 Å². The predicted octanol–water partition coefficient (Wildman–Crippen LogP) is 4.75. The number of aryl methyl sites for hydroxylation is 1. The van der Waals surface area contributed by atoms with E-state index in [1.54, 1.807) is 11.9 Å². The summed E-state index contributed by atoms with van der Waals surface area (Å²) >= 11 is 1.34. The Bertz CT molecular complexity index is 709. The Morgan fingerprint density at radius 1 is 1.33 bits per heavy atom. The van der Waals surface area contributed by atoms with Crippen molar-refractivity contribution in [1.29, 1.82) is 0 Å². The molecule has 0 aliphatic rings. The Morgan fingerprint density at radius 2 is 2.04 bits per heavy atom. The maximum Gasteiger partial charge on any atom is 0.416 e. The summed E-state index contributed by atoms with van der Waals surface area (Å²) in [6.07, 6.45) is -2.65. The number of fused-ring (bicyclic) bond motifs is 1. The van der Waals surface area contributed by atoms with Gasteiger partial charge in [-0.3, -0.25) is 4.79 Å². The fourth-order valence-corrected chi connectivity index (χ4v) is 3.19. The minimum absolute atomic E-state index is 0.0332. The van der Waals surface area contributed by atoms with E-state index >= 15 is 0 Å². The SMILES string of the molecule is CC(C)CCN(C)C(=O)CCc1nc2cc(C(F)(F)F)ccc2s1. The van der Waals surface area contributed by atoms with Gasteiger partial charge in [-0.15, -0.1) is 11.3 Å². The maximum atomic E-state index is 12.7. The van der Waals surface area contributed by atoms with Crippen LogP contribution in [-0.2, 0) is 17.4 Å². The third-order valence-corrected chi connectivity index (χ3v) is 4.88. The van der Waals surface area contributed by atoms with Crippen LogP contribution in [0.25, 0.3) is 10.2 Å². The van der Waals surface area contributed by atoms with Crippen LogP contribution in [0.4, 0.5) is 13.2 Å². The molecule has 2 rings (SSSR count). The van der Waals surface area contributed by atoms with Crippen molar-refractivity contribution in [2.45, 2.75) is 39.3 Å². The highest BCUT2D eigenvalue weighted by atomic mass is 32.1. The molecular formula is C17H21F3N2OS. The minimum Gasteiger partial charge on any atom is -0.346 e. The van der Waals surface area contributed by atoms with Crippen molar-refractivity contribution >= 4 is 27.5 Å². The van der Waals surface area contributed by atoms with Crippen LogP contribution in [-0.4, -0.2) is 29.4 Å². The molecule has 24 heavy (non-hydrogen) atoms. The number of halogens is 3. The molecular weight excluding hydrogens is 337 g/mol. The van der Waals surface area contributed by atoms with E-state index in [9.17, 15) is 18.0 Å². The van der Waals surface area contributed by atoms with E-state index in [1.165, 1.54) is 17.4 Å². The highest BCUT2D eigenvalue weighted by Gasteiger charge is 2.30.